The third-order valence-electron chi connectivity index (χ3n) is 4.09. The fourth-order valence-electron chi connectivity index (χ4n) is 3.14. The van der Waals surface area contributed by atoms with Crippen molar-refractivity contribution in [1.29, 1.82) is 0 Å². The maximum absolute atomic E-state index is 12.8. The molecule has 0 aliphatic heterocycles. The molecule has 1 aromatic carbocycles. The van der Waals surface area contributed by atoms with E-state index in [1.165, 1.54) is 11.1 Å². The minimum Gasteiger partial charge on any atom is -0.329 e. The number of aromatic nitrogens is 2. The van der Waals surface area contributed by atoms with Crippen molar-refractivity contribution in [3.8, 4) is 0 Å². The molecule has 1 aliphatic carbocycles. The van der Waals surface area contributed by atoms with Gasteiger partial charge in [0.15, 0.2) is 5.82 Å². The predicted octanol–water partition coefficient (Wildman–Crippen LogP) is 3.60. The Morgan fingerprint density at radius 3 is 3.10 bits per heavy atom. The number of imidazole rings is 1. The van der Waals surface area contributed by atoms with E-state index >= 15 is 0 Å². The molecule has 0 amide bonds. The summed E-state index contributed by atoms with van der Waals surface area (Å²) in [6.45, 7) is 2.97. The quantitative estimate of drug-likeness (QED) is 0.794. The van der Waals surface area contributed by atoms with Gasteiger partial charge in [-0.25, -0.2) is 4.98 Å². The number of carbonyl (C=O) groups excluding carboxylic acids is 1. The van der Waals surface area contributed by atoms with Crippen LogP contribution >= 0.6 is 0 Å². The van der Waals surface area contributed by atoms with Gasteiger partial charge in [0.2, 0.25) is 5.78 Å². The van der Waals surface area contributed by atoms with Crippen molar-refractivity contribution >= 4 is 5.78 Å². The first-order valence-corrected chi connectivity index (χ1v) is 7.44. The Hall–Kier alpha value is -1.90. The van der Waals surface area contributed by atoms with Crippen molar-refractivity contribution in [3.05, 3.63) is 53.6 Å². The van der Waals surface area contributed by atoms with Crippen LogP contribution in [-0.4, -0.2) is 15.3 Å². The molecule has 0 radical (unpaired) electrons. The molecule has 1 unspecified atom stereocenters. The maximum Gasteiger partial charge on any atom is 0.205 e. The Balaban J connectivity index is 1.94. The minimum atomic E-state index is -0.0158. The summed E-state index contributed by atoms with van der Waals surface area (Å²) in [5.41, 5.74) is 2.53. The summed E-state index contributed by atoms with van der Waals surface area (Å²) < 4.78 is 1.99. The average Bonchev–Trinajstić information content (AvgIpc) is 2.94. The van der Waals surface area contributed by atoms with Gasteiger partial charge < -0.3 is 4.57 Å². The van der Waals surface area contributed by atoms with Gasteiger partial charge in [-0.3, -0.25) is 4.79 Å². The summed E-state index contributed by atoms with van der Waals surface area (Å²) in [6, 6.07) is 8.34. The van der Waals surface area contributed by atoms with E-state index in [4.69, 9.17) is 0 Å². The first-order chi connectivity index (χ1) is 9.81. The van der Waals surface area contributed by atoms with Gasteiger partial charge in [0.25, 0.3) is 0 Å². The molecule has 0 spiro atoms. The zero-order chi connectivity index (χ0) is 13.9. The van der Waals surface area contributed by atoms with Crippen LogP contribution in [0.3, 0.4) is 0 Å². The fourth-order valence-corrected chi connectivity index (χ4v) is 3.14. The molecule has 0 N–H and O–H groups in total. The smallest absolute Gasteiger partial charge is 0.205 e. The number of benzene rings is 1. The summed E-state index contributed by atoms with van der Waals surface area (Å²) in [5, 5.41) is 0. The van der Waals surface area contributed by atoms with Crippen LogP contribution in [0.4, 0.5) is 0 Å². The van der Waals surface area contributed by atoms with Gasteiger partial charge >= 0.3 is 0 Å². The summed E-state index contributed by atoms with van der Waals surface area (Å²) in [4.78, 5) is 17.1. The molecule has 1 aromatic heterocycles. The van der Waals surface area contributed by atoms with Crippen molar-refractivity contribution < 1.29 is 4.79 Å². The summed E-state index contributed by atoms with van der Waals surface area (Å²) in [5.74, 6) is 0.780. The van der Waals surface area contributed by atoms with Crippen LogP contribution in [0.25, 0.3) is 0 Å². The van der Waals surface area contributed by atoms with Crippen LogP contribution < -0.4 is 0 Å². The number of carbonyl (C=O) groups is 1. The highest BCUT2D eigenvalue weighted by Crippen LogP contribution is 2.33. The van der Waals surface area contributed by atoms with E-state index in [2.05, 4.69) is 30.1 Å². The molecular weight excluding hydrogens is 248 g/mol. The molecule has 0 saturated carbocycles. The first-order valence-electron chi connectivity index (χ1n) is 7.44. The van der Waals surface area contributed by atoms with E-state index < -0.39 is 0 Å². The Bertz CT molecular complexity index is 615. The second-order valence-electron chi connectivity index (χ2n) is 5.45. The molecule has 0 bridgehead atoms. The van der Waals surface area contributed by atoms with E-state index in [0.717, 1.165) is 32.2 Å². The van der Waals surface area contributed by atoms with Gasteiger partial charge in [-0.05, 0) is 36.8 Å². The lowest BCUT2D eigenvalue weighted by molar-refractivity contribution is 0.0936. The molecule has 0 saturated heterocycles. The van der Waals surface area contributed by atoms with Crippen LogP contribution in [-0.2, 0) is 13.0 Å². The van der Waals surface area contributed by atoms with E-state index in [0.29, 0.717) is 5.82 Å². The number of hydrogen-bond acceptors (Lipinski definition) is 2. The standard InChI is InChI=1S/C17H20N2O/c1-2-11-19-12-10-18-17(19)16(20)15-9-5-7-13-6-3-4-8-14(13)15/h3-4,6,8,10,12,15H,2,5,7,9,11H2,1H3. The highest BCUT2D eigenvalue weighted by molar-refractivity contribution is 5.98. The number of hydrogen-bond donors (Lipinski definition) is 0. The van der Waals surface area contributed by atoms with E-state index in [1.54, 1.807) is 6.20 Å². The molecule has 1 atom stereocenters. The molecule has 1 aliphatic rings. The van der Waals surface area contributed by atoms with Crippen molar-refractivity contribution in [1.82, 2.24) is 9.55 Å². The number of fused-ring (bicyclic) bond motifs is 1. The predicted molar refractivity (Wildman–Crippen MR) is 79.0 cm³/mol. The van der Waals surface area contributed by atoms with Crippen molar-refractivity contribution in [2.45, 2.75) is 45.1 Å². The molecule has 3 rings (SSSR count). The zero-order valence-electron chi connectivity index (χ0n) is 11.9. The Kier molecular flexibility index (Phi) is 3.68. The largest absolute Gasteiger partial charge is 0.329 e. The van der Waals surface area contributed by atoms with Crippen LogP contribution in [0.1, 0.15) is 53.8 Å². The second-order valence-corrected chi connectivity index (χ2v) is 5.45. The summed E-state index contributed by atoms with van der Waals surface area (Å²) in [6.07, 6.45) is 7.76. The maximum atomic E-state index is 12.8. The Labute approximate surface area is 119 Å². The number of rotatable bonds is 4. The van der Waals surface area contributed by atoms with Crippen LogP contribution in [0.5, 0.6) is 0 Å². The fraction of sp³-hybridized carbons (Fsp3) is 0.412. The minimum absolute atomic E-state index is 0.0158. The number of Topliss-reactive ketones (excluding diaryl/α,β-unsaturated/α-hetero) is 1. The summed E-state index contributed by atoms with van der Waals surface area (Å²) >= 11 is 0. The lowest BCUT2D eigenvalue weighted by Crippen LogP contribution is -2.22. The summed E-state index contributed by atoms with van der Waals surface area (Å²) in [7, 11) is 0. The lowest BCUT2D eigenvalue weighted by atomic mass is 9.80. The van der Waals surface area contributed by atoms with Crippen LogP contribution in [0, 0.1) is 0 Å². The Morgan fingerprint density at radius 1 is 1.40 bits per heavy atom. The van der Waals surface area contributed by atoms with Crippen molar-refractivity contribution in [3.63, 3.8) is 0 Å². The monoisotopic (exact) mass is 268 g/mol. The van der Waals surface area contributed by atoms with Gasteiger partial charge in [-0.1, -0.05) is 31.2 Å². The number of ketones is 1. The molecule has 3 heteroatoms. The molecule has 3 nitrogen and oxygen atoms in total. The zero-order valence-corrected chi connectivity index (χ0v) is 11.9. The number of nitrogens with zero attached hydrogens (tertiary/aromatic N) is 2. The Morgan fingerprint density at radius 2 is 2.25 bits per heavy atom. The molecular formula is C17H20N2O. The van der Waals surface area contributed by atoms with Crippen LogP contribution in [0.2, 0.25) is 0 Å². The van der Waals surface area contributed by atoms with Crippen molar-refractivity contribution in [2.75, 3.05) is 0 Å². The molecule has 2 aromatic rings. The third kappa shape index (κ3) is 2.28. The molecule has 0 fully saturated rings. The van der Waals surface area contributed by atoms with Gasteiger partial charge in [-0.2, -0.15) is 0 Å². The van der Waals surface area contributed by atoms with E-state index in [-0.39, 0.29) is 11.7 Å². The normalized spacial score (nSPS) is 17.8. The SMILES string of the molecule is CCCn1ccnc1C(=O)C1CCCc2ccccc21. The van der Waals surface area contributed by atoms with Gasteiger partial charge in [0.05, 0.1) is 5.92 Å². The van der Waals surface area contributed by atoms with Gasteiger partial charge in [0.1, 0.15) is 0 Å². The second kappa shape index (κ2) is 5.61. The third-order valence-corrected chi connectivity index (χ3v) is 4.09. The molecule has 1 heterocycles. The van der Waals surface area contributed by atoms with Crippen LogP contribution in [0.15, 0.2) is 36.7 Å². The van der Waals surface area contributed by atoms with Gasteiger partial charge in [0, 0.05) is 18.9 Å². The first kappa shape index (κ1) is 13.1. The topological polar surface area (TPSA) is 34.9 Å². The van der Waals surface area contributed by atoms with E-state index in [9.17, 15) is 4.79 Å². The highest BCUT2D eigenvalue weighted by Gasteiger charge is 2.29. The lowest BCUT2D eigenvalue weighted by Gasteiger charge is -2.24. The molecule has 20 heavy (non-hydrogen) atoms. The average molecular weight is 268 g/mol. The highest BCUT2D eigenvalue weighted by atomic mass is 16.1. The number of aryl methyl sites for hydroxylation is 2. The molecule has 104 valence electrons. The van der Waals surface area contributed by atoms with E-state index in [1.807, 2.05) is 16.8 Å². The van der Waals surface area contributed by atoms with Crippen molar-refractivity contribution in [2.24, 2.45) is 0 Å². The van der Waals surface area contributed by atoms with Gasteiger partial charge in [-0.15, -0.1) is 0 Å².